The fourth-order valence-corrected chi connectivity index (χ4v) is 4.41. The molecule has 0 spiro atoms. The van der Waals surface area contributed by atoms with Crippen molar-refractivity contribution in [2.24, 2.45) is 5.73 Å². The van der Waals surface area contributed by atoms with Crippen molar-refractivity contribution in [1.82, 2.24) is 9.97 Å². The molecule has 2 aliphatic rings. The zero-order chi connectivity index (χ0) is 21.1. The number of anilines is 4. The minimum absolute atomic E-state index is 0.136. The summed E-state index contributed by atoms with van der Waals surface area (Å²) < 4.78 is 0. The summed E-state index contributed by atoms with van der Waals surface area (Å²) in [6.07, 6.45) is 12.1. The van der Waals surface area contributed by atoms with Crippen molar-refractivity contribution in [1.29, 1.82) is 10.8 Å². The van der Waals surface area contributed by atoms with Crippen molar-refractivity contribution in [2.45, 2.75) is 38.6 Å². The molecular weight excluding hydrogens is 376 g/mol. The van der Waals surface area contributed by atoms with Crippen molar-refractivity contribution in [3.05, 3.63) is 47.9 Å². The molecule has 4 rings (SSSR count). The molecule has 1 unspecified atom stereocenters. The first-order chi connectivity index (χ1) is 14.6. The molecule has 8 nitrogen and oxygen atoms in total. The van der Waals surface area contributed by atoms with E-state index in [4.69, 9.17) is 21.5 Å². The monoisotopic (exact) mass is 404 g/mol. The van der Waals surface area contributed by atoms with E-state index in [-0.39, 0.29) is 5.84 Å². The molecule has 8 heteroatoms. The van der Waals surface area contributed by atoms with Crippen molar-refractivity contribution < 1.29 is 0 Å². The highest BCUT2D eigenvalue weighted by atomic mass is 15.3. The van der Waals surface area contributed by atoms with Crippen molar-refractivity contribution in [3.8, 4) is 0 Å². The molecule has 0 aromatic carbocycles. The van der Waals surface area contributed by atoms with Crippen LogP contribution in [-0.2, 0) is 6.42 Å². The van der Waals surface area contributed by atoms with Crippen LogP contribution in [0.1, 0.15) is 37.3 Å². The Balaban J connectivity index is 1.88. The van der Waals surface area contributed by atoms with Crippen LogP contribution in [0.4, 0.5) is 23.0 Å². The Labute approximate surface area is 176 Å². The van der Waals surface area contributed by atoms with Gasteiger partial charge in [0.05, 0.1) is 23.1 Å². The third-order valence-electron chi connectivity index (χ3n) is 5.83. The molecule has 5 N–H and O–H groups in total. The van der Waals surface area contributed by atoms with Crippen LogP contribution in [0.5, 0.6) is 0 Å². The maximum atomic E-state index is 8.13. The van der Waals surface area contributed by atoms with Gasteiger partial charge in [0.15, 0.2) is 0 Å². The molecule has 0 amide bonds. The third-order valence-corrected chi connectivity index (χ3v) is 5.83. The molecule has 0 saturated carbocycles. The van der Waals surface area contributed by atoms with Crippen LogP contribution < -0.4 is 20.9 Å². The third kappa shape index (κ3) is 3.60. The molecule has 2 aromatic rings. The lowest BCUT2D eigenvalue weighted by molar-refractivity contribution is 0.480. The van der Waals surface area contributed by atoms with Gasteiger partial charge in [0, 0.05) is 37.1 Å². The van der Waals surface area contributed by atoms with Gasteiger partial charge in [0.25, 0.3) is 0 Å². The van der Waals surface area contributed by atoms with Gasteiger partial charge in [0.2, 0.25) is 0 Å². The number of nitrogens with zero attached hydrogens (tertiary/aromatic N) is 4. The number of amidine groups is 1. The highest BCUT2D eigenvalue weighted by Gasteiger charge is 2.33. The van der Waals surface area contributed by atoms with Crippen LogP contribution >= 0.6 is 0 Å². The predicted molar refractivity (Wildman–Crippen MR) is 122 cm³/mol. The van der Waals surface area contributed by atoms with Crippen LogP contribution in [0.2, 0.25) is 0 Å². The second kappa shape index (κ2) is 8.52. The molecule has 4 heterocycles. The number of hydrogen-bond donors (Lipinski definition) is 4. The van der Waals surface area contributed by atoms with Gasteiger partial charge in [0.1, 0.15) is 17.5 Å². The lowest BCUT2D eigenvalue weighted by Crippen LogP contribution is -2.38. The van der Waals surface area contributed by atoms with Crippen molar-refractivity contribution in [2.75, 3.05) is 28.2 Å². The molecule has 156 valence electrons. The summed E-state index contributed by atoms with van der Waals surface area (Å²) in [5.41, 5.74) is 9.27. The molecule has 2 aliphatic heterocycles. The van der Waals surface area contributed by atoms with Gasteiger partial charge in [-0.3, -0.25) is 10.4 Å². The number of nitrogens with two attached hydrogens (primary N) is 1. The molecule has 0 bridgehead atoms. The van der Waals surface area contributed by atoms with Crippen molar-refractivity contribution >= 4 is 35.1 Å². The number of piperidine rings is 1. The lowest BCUT2D eigenvalue weighted by atomic mass is 10.0. The zero-order valence-electron chi connectivity index (χ0n) is 17.2. The molecule has 1 atom stereocenters. The van der Waals surface area contributed by atoms with Crippen LogP contribution in [0.3, 0.4) is 0 Å². The lowest BCUT2D eigenvalue weighted by Gasteiger charge is -2.36. The van der Waals surface area contributed by atoms with E-state index in [0.29, 0.717) is 17.4 Å². The summed E-state index contributed by atoms with van der Waals surface area (Å²) in [7, 11) is 0. The average molecular weight is 405 g/mol. The van der Waals surface area contributed by atoms with Gasteiger partial charge >= 0.3 is 0 Å². The maximum Gasteiger partial charge on any atom is 0.144 e. The second-order valence-corrected chi connectivity index (χ2v) is 7.72. The summed E-state index contributed by atoms with van der Waals surface area (Å²) in [4.78, 5) is 13.8. The fourth-order valence-electron chi connectivity index (χ4n) is 4.41. The molecule has 0 aliphatic carbocycles. The standard InChI is InChI=1S/C22H28N8/c1-15-5-2-3-11-29(15)22-17-8-12-30(16-6-4-10-26-14-16)20(17)18(13-24)21(28-22)27-19(25)7-9-23/h4,6-7,9-10,13-15,24H,2-3,5,8,11-12,23H2,1H3,(H2,25,27,28)/b9-7-,24-13?. The van der Waals surface area contributed by atoms with E-state index >= 15 is 0 Å². The quantitative estimate of drug-likeness (QED) is 0.448. The first-order valence-corrected chi connectivity index (χ1v) is 10.4. The first-order valence-electron chi connectivity index (χ1n) is 10.4. The maximum absolute atomic E-state index is 8.13. The SMILES string of the molecule is CC1CCCCN1c1nc(NC(=N)/C=C\N)c(C=N)c2c1CCN2c1cccnc1. The Hall–Kier alpha value is -3.42. The largest absolute Gasteiger partial charge is 0.404 e. The highest BCUT2D eigenvalue weighted by Crippen LogP contribution is 2.44. The van der Waals surface area contributed by atoms with E-state index < -0.39 is 0 Å². The second-order valence-electron chi connectivity index (χ2n) is 7.72. The van der Waals surface area contributed by atoms with E-state index in [2.05, 4.69) is 27.0 Å². The summed E-state index contributed by atoms with van der Waals surface area (Å²) >= 11 is 0. The Bertz CT molecular complexity index is 969. The first kappa shape index (κ1) is 19.9. The summed E-state index contributed by atoms with van der Waals surface area (Å²) in [5, 5.41) is 19.3. The van der Waals surface area contributed by atoms with Gasteiger partial charge in [-0.05, 0) is 57.0 Å². The Kier molecular flexibility index (Phi) is 5.65. The molecule has 2 aromatic heterocycles. The van der Waals surface area contributed by atoms with E-state index in [0.717, 1.165) is 55.1 Å². The van der Waals surface area contributed by atoms with E-state index in [1.54, 1.807) is 6.20 Å². The van der Waals surface area contributed by atoms with E-state index in [9.17, 15) is 0 Å². The molecule has 0 radical (unpaired) electrons. The van der Waals surface area contributed by atoms with Gasteiger partial charge in [-0.25, -0.2) is 4.98 Å². The molecule has 1 saturated heterocycles. The number of fused-ring (bicyclic) bond motifs is 1. The minimum atomic E-state index is 0.136. The number of rotatable bonds is 5. The summed E-state index contributed by atoms with van der Waals surface area (Å²) in [6.45, 7) is 4.03. The normalized spacial score (nSPS) is 18.5. The highest BCUT2D eigenvalue weighted by molar-refractivity contribution is 6.06. The summed E-state index contributed by atoms with van der Waals surface area (Å²) in [5.74, 6) is 1.60. The Morgan fingerprint density at radius 2 is 2.20 bits per heavy atom. The Morgan fingerprint density at radius 3 is 2.90 bits per heavy atom. The van der Waals surface area contributed by atoms with Crippen LogP contribution in [0.15, 0.2) is 36.8 Å². The van der Waals surface area contributed by atoms with Gasteiger partial charge < -0.3 is 26.3 Å². The predicted octanol–water partition coefficient (Wildman–Crippen LogP) is 3.41. The number of nitrogens with one attached hydrogen (secondary N) is 3. The van der Waals surface area contributed by atoms with Gasteiger partial charge in [-0.1, -0.05) is 0 Å². The van der Waals surface area contributed by atoms with Crippen LogP contribution in [0, 0.1) is 10.8 Å². The van der Waals surface area contributed by atoms with Crippen molar-refractivity contribution in [3.63, 3.8) is 0 Å². The average Bonchev–Trinajstić information content (AvgIpc) is 3.19. The van der Waals surface area contributed by atoms with Crippen LogP contribution in [-0.4, -0.2) is 41.1 Å². The minimum Gasteiger partial charge on any atom is -0.404 e. The molecular formula is C22H28N8. The number of aromatic nitrogens is 2. The topological polar surface area (TPSA) is 118 Å². The fraction of sp³-hybridized carbons (Fsp3) is 0.364. The smallest absolute Gasteiger partial charge is 0.144 e. The zero-order valence-corrected chi connectivity index (χ0v) is 17.2. The number of pyridine rings is 2. The van der Waals surface area contributed by atoms with Crippen LogP contribution in [0.25, 0.3) is 0 Å². The van der Waals surface area contributed by atoms with E-state index in [1.165, 1.54) is 24.9 Å². The molecule has 1 fully saturated rings. The number of hydrogen-bond acceptors (Lipinski definition) is 7. The van der Waals surface area contributed by atoms with Gasteiger partial charge in [-0.2, -0.15) is 0 Å². The van der Waals surface area contributed by atoms with Gasteiger partial charge in [-0.15, -0.1) is 0 Å². The summed E-state index contributed by atoms with van der Waals surface area (Å²) in [6, 6.07) is 4.36. The van der Waals surface area contributed by atoms with E-state index in [1.807, 2.05) is 18.3 Å². The molecule has 30 heavy (non-hydrogen) atoms. The Morgan fingerprint density at radius 1 is 1.33 bits per heavy atom.